The Morgan fingerprint density at radius 3 is 2.39 bits per heavy atom. The van der Waals surface area contributed by atoms with Crippen molar-refractivity contribution >= 4 is 12.1 Å². The van der Waals surface area contributed by atoms with E-state index in [1.54, 1.807) is 13.0 Å². The van der Waals surface area contributed by atoms with Crippen LogP contribution in [0.1, 0.15) is 27.2 Å². The lowest BCUT2D eigenvalue weighted by atomic mass is 10.1. The quantitative estimate of drug-likeness (QED) is 0.809. The summed E-state index contributed by atoms with van der Waals surface area (Å²) in [7, 11) is 2.48. The molecule has 0 amide bonds. The summed E-state index contributed by atoms with van der Waals surface area (Å²) in [6.45, 7) is 5.40. The molecule has 0 fully saturated rings. The van der Waals surface area contributed by atoms with E-state index in [1.807, 2.05) is 26.0 Å². The number of carbonyl (C=O) groups is 2. The first-order valence-corrected chi connectivity index (χ1v) is 6.91. The monoisotopic (exact) mass is 318 g/mol. The molecule has 0 N–H and O–H groups in total. The molecule has 0 saturated heterocycles. The summed E-state index contributed by atoms with van der Waals surface area (Å²) in [5.74, 6) is -0.101. The largest absolute Gasteiger partial charge is 0.465 e. The molecule has 0 aliphatic carbocycles. The van der Waals surface area contributed by atoms with Crippen molar-refractivity contribution in [3.8, 4) is 11.6 Å². The minimum atomic E-state index is -0.719. The summed E-state index contributed by atoms with van der Waals surface area (Å²) in [6.07, 6.45) is -0.719. The molecule has 122 valence electrons. The number of hydrogen-bond acceptors (Lipinski definition) is 6. The van der Waals surface area contributed by atoms with E-state index >= 15 is 0 Å². The summed E-state index contributed by atoms with van der Waals surface area (Å²) in [5.41, 5.74) is 2.31. The lowest BCUT2D eigenvalue weighted by Crippen LogP contribution is -2.15. The van der Waals surface area contributed by atoms with E-state index in [9.17, 15) is 9.59 Å². The van der Waals surface area contributed by atoms with Crippen LogP contribution in [0.5, 0.6) is 11.6 Å². The zero-order valence-electron chi connectivity index (χ0n) is 13.7. The highest BCUT2D eigenvalue weighted by Gasteiger charge is 2.27. The van der Waals surface area contributed by atoms with Crippen molar-refractivity contribution in [1.82, 2.24) is 9.78 Å². The van der Waals surface area contributed by atoms with Crippen molar-refractivity contribution in [1.29, 1.82) is 0 Å². The van der Waals surface area contributed by atoms with Gasteiger partial charge in [-0.15, -0.1) is 5.10 Å². The Hall–Kier alpha value is -2.83. The van der Waals surface area contributed by atoms with E-state index < -0.39 is 12.1 Å². The Balaban J connectivity index is 2.54. The number of carbonyl (C=O) groups excluding carboxylic acids is 2. The van der Waals surface area contributed by atoms with Crippen molar-refractivity contribution < 1.29 is 23.8 Å². The first-order chi connectivity index (χ1) is 10.9. The van der Waals surface area contributed by atoms with Gasteiger partial charge in [-0.2, -0.15) is 4.68 Å². The highest BCUT2D eigenvalue weighted by Crippen LogP contribution is 2.30. The van der Waals surface area contributed by atoms with Gasteiger partial charge in [-0.1, -0.05) is 12.1 Å². The molecule has 1 heterocycles. The molecule has 1 aromatic carbocycles. The van der Waals surface area contributed by atoms with Crippen LogP contribution in [0, 0.1) is 20.8 Å². The van der Waals surface area contributed by atoms with Gasteiger partial charge < -0.3 is 14.2 Å². The van der Waals surface area contributed by atoms with Gasteiger partial charge in [0.2, 0.25) is 0 Å². The maximum Gasteiger partial charge on any atom is 0.434 e. The van der Waals surface area contributed by atoms with Crippen LogP contribution in [0.2, 0.25) is 0 Å². The highest BCUT2D eigenvalue weighted by molar-refractivity contribution is 5.94. The molecule has 0 spiro atoms. The summed E-state index contributed by atoms with van der Waals surface area (Å²) in [5, 5.41) is 4.03. The number of aryl methyl sites for hydroxylation is 1. The standard InChI is InChI=1S/C16H18N2O5/c1-9-7-6-8-12(10(9)2)23-14-13(15(19)21-4)11(3)18(17-14)16(20)22-5/h6-8H,1-5H3. The molecule has 0 aliphatic heterocycles. The predicted octanol–water partition coefficient (Wildman–Crippen LogP) is 3.00. The second-order valence-corrected chi connectivity index (χ2v) is 4.94. The minimum Gasteiger partial charge on any atom is -0.465 e. The number of methoxy groups -OCH3 is 2. The number of esters is 1. The maximum atomic E-state index is 12.0. The van der Waals surface area contributed by atoms with Crippen molar-refractivity contribution in [2.24, 2.45) is 0 Å². The Labute approximate surface area is 133 Å². The van der Waals surface area contributed by atoms with Crippen LogP contribution in [0.15, 0.2) is 18.2 Å². The first kappa shape index (κ1) is 16.5. The SMILES string of the molecule is COC(=O)c1c(Oc2cccc(C)c2C)nn(C(=O)OC)c1C. The summed E-state index contributed by atoms with van der Waals surface area (Å²) < 4.78 is 16.1. The van der Waals surface area contributed by atoms with E-state index in [2.05, 4.69) is 9.84 Å². The van der Waals surface area contributed by atoms with Crippen LogP contribution in [0.25, 0.3) is 0 Å². The molecule has 23 heavy (non-hydrogen) atoms. The molecule has 7 nitrogen and oxygen atoms in total. The molecular formula is C16H18N2O5. The molecule has 1 aromatic heterocycles. The van der Waals surface area contributed by atoms with Gasteiger partial charge >= 0.3 is 12.1 Å². The second-order valence-electron chi connectivity index (χ2n) is 4.94. The fourth-order valence-corrected chi connectivity index (χ4v) is 2.09. The molecule has 0 bridgehead atoms. The molecule has 0 atom stereocenters. The van der Waals surface area contributed by atoms with Crippen LogP contribution < -0.4 is 4.74 Å². The molecule has 0 aliphatic rings. The van der Waals surface area contributed by atoms with Gasteiger partial charge in [0, 0.05) is 0 Å². The predicted molar refractivity (Wildman–Crippen MR) is 82.1 cm³/mol. The van der Waals surface area contributed by atoms with Crippen molar-refractivity contribution in [3.05, 3.63) is 40.6 Å². The third-order valence-corrected chi connectivity index (χ3v) is 3.58. The van der Waals surface area contributed by atoms with Crippen LogP contribution in [0.3, 0.4) is 0 Å². The maximum absolute atomic E-state index is 12.0. The number of hydrogen-bond donors (Lipinski definition) is 0. The van der Waals surface area contributed by atoms with Gasteiger partial charge in [0.1, 0.15) is 11.3 Å². The Bertz CT molecular complexity index is 764. The van der Waals surface area contributed by atoms with Crippen LogP contribution >= 0.6 is 0 Å². The number of benzene rings is 1. The molecular weight excluding hydrogens is 300 g/mol. The van der Waals surface area contributed by atoms with Crippen molar-refractivity contribution in [2.75, 3.05) is 14.2 Å². The van der Waals surface area contributed by atoms with E-state index in [0.29, 0.717) is 5.75 Å². The third-order valence-electron chi connectivity index (χ3n) is 3.58. The third kappa shape index (κ3) is 3.03. The molecule has 0 unspecified atom stereocenters. The number of rotatable bonds is 3. The molecule has 7 heteroatoms. The lowest BCUT2D eigenvalue weighted by Gasteiger charge is -2.09. The fourth-order valence-electron chi connectivity index (χ4n) is 2.09. The van der Waals surface area contributed by atoms with Crippen LogP contribution in [-0.2, 0) is 9.47 Å². The summed E-state index contributed by atoms with van der Waals surface area (Å²) in [6, 6.07) is 5.54. The normalized spacial score (nSPS) is 10.3. The Kier molecular flexibility index (Phi) is 4.68. The summed E-state index contributed by atoms with van der Waals surface area (Å²) in [4.78, 5) is 23.8. The van der Waals surface area contributed by atoms with Gasteiger partial charge in [-0.3, -0.25) is 0 Å². The zero-order valence-corrected chi connectivity index (χ0v) is 13.7. The van der Waals surface area contributed by atoms with Gasteiger partial charge in [-0.05, 0) is 38.0 Å². The van der Waals surface area contributed by atoms with E-state index in [-0.39, 0.29) is 17.1 Å². The molecule has 0 saturated carbocycles. The van der Waals surface area contributed by atoms with Gasteiger partial charge in [0.15, 0.2) is 0 Å². The first-order valence-electron chi connectivity index (χ1n) is 6.91. The number of aromatic nitrogens is 2. The van der Waals surface area contributed by atoms with Crippen molar-refractivity contribution in [3.63, 3.8) is 0 Å². The van der Waals surface area contributed by atoms with E-state index in [4.69, 9.17) is 9.47 Å². The van der Waals surface area contributed by atoms with Gasteiger partial charge in [0.05, 0.1) is 19.9 Å². The number of nitrogens with zero attached hydrogens (tertiary/aromatic N) is 2. The number of ether oxygens (including phenoxy) is 3. The fraction of sp³-hybridized carbons (Fsp3) is 0.312. The van der Waals surface area contributed by atoms with Crippen LogP contribution in [-0.4, -0.2) is 36.1 Å². The Morgan fingerprint density at radius 1 is 1.09 bits per heavy atom. The molecule has 2 aromatic rings. The molecule has 0 radical (unpaired) electrons. The molecule has 2 rings (SSSR count). The van der Waals surface area contributed by atoms with E-state index in [1.165, 1.54) is 14.2 Å². The topological polar surface area (TPSA) is 79.7 Å². The van der Waals surface area contributed by atoms with Gasteiger partial charge in [0.25, 0.3) is 5.88 Å². The zero-order chi connectivity index (χ0) is 17.1. The minimum absolute atomic E-state index is 0.00606. The average Bonchev–Trinajstić information content (AvgIpc) is 2.86. The second kappa shape index (κ2) is 6.51. The van der Waals surface area contributed by atoms with E-state index in [0.717, 1.165) is 15.8 Å². The lowest BCUT2D eigenvalue weighted by molar-refractivity contribution is 0.0597. The van der Waals surface area contributed by atoms with Crippen molar-refractivity contribution in [2.45, 2.75) is 20.8 Å². The smallest absolute Gasteiger partial charge is 0.434 e. The van der Waals surface area contributed by atoms with Crippen LogP contribution in [0.4, 0.5) is 4.79 Å². The van der Waals surface area contributed by atoms with Gasteiger partial charge in [-0.25, -0.2) is 9.59 Å². The highest BCUT2D eigenvalue weighted by atomic mass is 16.5. The Morgan fingerprint density at radius 2 is 1.78 bits per heavy atom. The summed E-state index contributed by atoms with van der Waals surface area (Å²) >= 11 is 0. The average molecular weight is 318 g/mol.